The molecule has 2 rings (SSSR count). The number of nitrogens with zero attached hydrogens (tertiary/aromatic N) is 1. The third-order valence-corrected chi connectivity index (χ3v) is 5.22. The topological polar surface area (TPSA) is 41.9 Å². The van der Waals surface area contributed by atoms with Gasteiger partial charge in [-0.1, -0.05) is 13.8 Å². The van der Waals surface area contributed by atoms with Crippen molar-refractivity contribution < 1.29 is 14.6 Å². The number of hydrogen-bond donors (Lipinski definition) is 1. The Morgan fingerprint density at radius 2 is 2.00 bits per heavy atom. The molecule has 142 valence electrons. The van der Waals surface area contributed by atoms with E-state index in [4.69, 9.17) is 9.47 Å². The highest BCUT2D eigenvalue weighted by molar-refractivity contribution is 9.10. The molecule has 1 aliphatic rings. The summed E-state index contributed by atoms with van der Waals surface area (Å²) < 4.78 is 12.6. The highest BCUT2D eigenvalue weighted by Gasteiger charge is 2.28. The van der Waals surface area contributed by atoms with Gasteiger partial charge < -0.3 is 19.5 Å². The lowest BCUT2D eigenvalue weighted by Gasteiger charge is -2.36. The molecule has 2 atom stereocenters. The van der Waals surface area contributed by atoms with Gasteiger partial charge in [0.1, 0.15) is 0 Å². The zero-order chi connectivity index (χ0) is 18.2. The van der Waals surface area contributed by atoms with Crippen LogP contribution in [0.4, 0.5) is 0 Å². The summed E-state index contributed by atoms with van der Waals surface area (Å²) in [6.07, 6.45) is 3.61. The summed E-state index contributed by atoms with van der Waals surface area (Å²) in [7, 11) is 0. The van der Waals surface area contributed by atoms with E-state index in [1.165, 1.54) is 5.56 Å². The Morgan fingerprint density at radius 3 is 2.68 bits per heavy atom. The van der Waals surface area contributed by atoms with Crippen LogP contribution in [0.15, 0.2) is 16.6 Å². The number of likely N-dealkylation sites (tertiary alicyclic amines) is 1. The van der Waals surface area contributed by atoms with Gasteiger partial charge in [-0.3, -0.25) is 0 Å². The van der Waals surface area contributed by atoms with E-state index in [0.29, 0.717) is 13.2 Å². The number of aliphatic hydroxyl groups is 1. The average Bonchev–Trinajstić information content (AvgIpc) is 2.58. The van der Waals surface area contributed by atoms with Crippen LogP contribution in [-0.4, -0.2) is 49.0 Å². The number of benzene rings is 1. The number of rotatable bonds is 9. The molecule has 1 aromatic carbocycles. The quantitative estimate of drug-likeness (QED) is 0.655. The van der Waals surface area contributed by atoms with Crippen molar-refractivity contribution >= 4 is 15.9 Å². The SMILES string of the molecule is CCCOc1c(Br)cc(CC2CN(CCC)CCC2O)cc1OCC. The van der Waals surface area contributed by atoms with Gasteiger partial charge in [0.05, 0.1) is 23.8 Å². The van der Waals surface area contributed by atoms with Gasteiger partial charge in [-0.05, 0) is 72.8 Å². The molecule has 1 aliphatic heterocycles. The summed E-state index contributed by atoms with van der Waals surface area (Å²) in [5, 5.41) is 10.4. The number of aliphatic hydroxyl groups excluding tert-OH is 1. The second-order valence-corrected chi connectivity index (χ2v) is 7.66. The van der Waals surface area contributed by atoms with E-state index in [9.17, 15) is 5.11 Å². The van der Waals surface area contributed by atoms with Crippen molar-refractivity contribution in [2.24, 2.45) is 5.92 Å². The zero-order valence-electron chi connectivity index (χ0n) is 15.8. The summed E-state index contributed by atoms with van der Waals surface area (Å²) in [5.74, 6) is 1.84. The monoisotopic (exact) mass is 413 g/mol. The molecule has 0 aliphatic carbocycles. The lowest BCUT2D eigenvalue weighted by Crippen LogP contribution is -2.44. The van der Waals surface area contributed by atoms with E-state index in [2.05, 4.69) is 46.8 Å². The normalized spacial score (nSPS) is 21.3. The Bertz CT molecular complexity index is 538. The minimum absolute atomic E-state index is 0.224. The minimum atomic E-state index is -0.224. The fourth-order valence-electron chi connectivity index (χ4n) is 3.46. The van der Waals surface area contributed by atoms with Gasteiger partial charge in [-0.25, -0.2) is 0 Å². The molecule has 0 spiro atoms. The van der Waals surface area contributed by atoms with Crippen LogP contribution in [0, 0.1) is 5.92 Å². The van der Waals surface area contributed by atoms with Crippen LogP contribution in [0.3, 0.4) is 0 Å². The van der Waals surface area contributed by atoms with E-state index in [1.54, 1.807) is 0 Å². The van der Waals surface area contributed by atoms with Crippen molar-refractivity contribution in [3.05, 3.63) is 22.2 Å². The van der Waals surface area contributed by atoms with Crippen LogP contribution in [0.5, 0.6) is 11.5 Å². The highest BCUT2D eigenvalue weighted by atomic mass is 79.9. The van der Waals surface area contributed by atoms with E-state index >= 15 is 0 Å². The molecule has 1 fully saturated rings. The summed E-state index contributed by atoms with van der Waals surface area (Å²) in [6, 6.07) is 4.18. The van der Waals surface area contributed by atoms with Gasteiger partial charge >= 0.3 is 0 Å². The van der Waals surface area contributed by atoms with Crippen molar-refractivity contribution in [3.63, 3.8) is 0 Å². The van der Waals surface area contributed by atoms with Gasteiger partial charge in [0.15, 0.2) is 11.5 Å². The van der Waals surface area contributed by atoms with Crippen molar-refractivity contribution in [1.29, 1.82) is 0 Å². The Labute approximate surface area is 160 Å². The van der Waals surface area contributed by atoms with Gasteiger partial charge in [-0.15, -0.1) is 0 Å². The second-order valence-electron chi connectivity index (χ2n) is 6.81. The Balaban J connectivity index is 2.15. The molecule has 1 heterocycles. The molecular formula is C20H32BrNO3. The van der Waals surface area contributed by atoms with Crippen molar-refractivity contribution in [1.82, 2.24) is 4.90 Å². The fourth-order valence-corrected chi connectivity index (χ4v) is 4.07. The molecule has 1 aromatic rings. The molecule has 0 radical (unpaired) electrons. The molecule has 0 amide bonds. The number of ether oxygens (including phenoxy) is 2. The van der Waals surface area contributed by atoms with Crippen LogP contribution in [0.25, 0.3) is 0 Å². The standard InChI is InChI=1S/C20H32BrNO3/c1-4-8-22-9-7-18(23)16(14-22)11-15-12-17(21)20(25-10-5-2)19(13-15)24-6-3/h12-13,16,18,23H,4-11,14H2,1-3H3. The highest BCUT2D eigenvalue weighted by Crippen LogP contribution is 2.38. The number of piperidine rings is 1. The fraction of sp³-hybridized carbons (Fsp3) is 0.700. The molecule has 1 N–H and O–H groups in total. The second kappa shape index (κ2) is 10.4. The van der Waals surface area contributed by atoms with Crippen LogP contribution in [0.2, 0.25) is 0 Å². The molecule has 5 heteroatoms. The Kier molecular flexibility index (Phi) is 8.53. The van der Waals surface area contributed by atoms with Crippen LogP contribution in [-0.2, 0) is 6.42 Å². The maximum Gasteiger partial charge on any atom is 0.175 e. The van der Waals surface area contributed by atoms with Gasteiger partial charge in [0.2, 0.25) is 0 Å². The first-order valence-corrected chi connectivity index (χ1v) is 10.4. The lowest BCUT2D eigenvalue weighted by atomic mass is 9.88. The molecule has 4 nitrogen and oxygen atoms in total. The number of hydrogen-bond acceptors (Lipinski definition) is 4. The summed E-state index contributed by atoms with van der Waals surface area (Å²) >= 11 is 3.64. The number of halogens is 1. The predicted octanol–water partition coefficient (Wildman–Crippen LogP) is 4.27. The maximum atomic E-state index is 10.4. The summed E-state index contributed by atoms with van der Waals surface area (Å²) in [4.78, 5) is 2.47. The first-order valence-electron chi connectivity index (χ1n) is 9.57. The van der Waals surface area contributed by atoms with Crippen molar-refractivity contribution in [3.8, 4) is 11.5 Å². The summed E-state index contributed by atoms with van der Waals surface area (Å²) in [5.41, 5.74) is 1.18. The third kappa shape index (κ3) is 5.87. The minimum Gasteiger partial charge on any atom is -0.490 e. The van der Waals surface area contributed by atoms with E-state index in [1.807, 2.05) is 6.92 Å². The van der Waals surface area contributed by atoms with E-state index in [0.717, 1.165) is 61.3 Å². The van der Waals surface area contributed by atoms with Gasteiger partial charge in [0.25, 0.3) is 0 Å². The van der Waals surface area contributed by atoms with Gasteiger partial charge in [0, 0.05) is 19.0 Å². The molecular weight excluding hydrogens is 382 g/mol. The molecule has 0 saturated carbocycles. The van der Waals surface area contributed by atoms with Gasteiger partial charge in [-0.2, -0.15) is 0 Å². The molecule has 0 bridgehead atoms. The molecule has 2 unspecified atom stereocenters. The van der Waals surface area contributed by atoms with Crippen molar-refractivity contribution in [2.45, 2.75) is 52.6 Å². The predicted molar refractivity (Wildman–Crippen MR) is 106 cm³/mol. The average molecular weight is 414 g/mol. The molecule has 0 aromatic heterocycles. The Hall–Kier alpha value is -0.780. The molecule has 1 saturated heterocycles. The largest absolute Gasteiger partial charge is 0.490 e. The zero-order valence-corrected chi connectivity index (χ0v) is 17.3. The maximum absolute atomic E-state index is 10.4. The first kappa shape index (κ1) is 20.5. The molecule has 25 heavy (non-hydrogen) atoms. The van der Waals surface area contributed by atoms with E-state index in [-0.39, 0.29) is 12.0 Å². The smallest absolute Gasteiger partial charge is 0.175 e. The lowest BCUT2D eigenvalue weighted by molar-refractivity contribution is 0.0270. The van der Waals surface area contributed by atoms with Crippen LogP contribution >= 0.6 is 15.9 Å². The van der Waals surface area contributed by atoms with Crippen LogP contribution in [0.1, 0.15) is 45.6 Å². The van der Waals surface area contributed by atoms with Crippen LogP contribution < -0.4 is 9.47 Å². The van der Waals surface area contributed by atoms with Crippen molar-refractivity contribution in [2.75, 3.05) is 32.8 Å². The summed E-state index contributed by atoms with van der Waals surface area (Å²) in [6.45, 7) is 10.6. The Morgan fingerprint density at radius 1 is 1.20 bits per heavy atom. The van der Waals surface area contributed by atoms with E-state index < -0.39 is 0 Å². The first-order chi connectivity index (χ1) is 12.1. The third-order valence-electron chi connectivity index (χ3n) is 4.64.